The number of halogens is 1. The van der Waals surface area contributed by atoms with Gasteiger partial charge in [0.25, 0.3) is 0 Å². The number of ketones is 1. The van der Waals surface area contributed by atoms with Gasteiger partial charge in [-0.25, -0.2) is 0 Å². The fourth-order valence-corrected chi connectivity index (χ4v) is 3.13. The van der Waals surface area contributed by atoms with Crippen LogP contribution in [0.15, 0.2) is 66.7 Å². The molecule has 4 rings (SSSR count). The average molecular weight is 291 g/mol. The van der Waals surface area contributed by atoms with Crippen LogP contribution in [-0.2, 0) is 0 Å². The van der Waals surface area contributed by atoms with Crippen molar-refractivity contribution in [1.29, 1.82) is 0 Å². The van der Waals surface area contributed by atoms with Gasteiger partial charge in [0.2, 0.25) is 0 Å². The highest BCUT2D eigenvalue weighted by molar-refractivity contribution is 6.32. The van der Waals surface area contributed by atoms with E-state index in [0.29, 0.717) is 10.6 Å². The first kappa shape index (κ1) is 12.4. The zero-order valence-corrected chi connectivity index (χ0v) is 11.9. The van der Waals surface area contributed by atoms with Crippen LogP contribution in [0.3, 0.4) is 0 Å². The number of rotatable bonds is 1. The third-order valence-corrected chi connectivity index (χ3v) is 4.12. The summed E-state index contributed by atoms with van der Waals surface area (Å²) in [5.74, 6) is 0.0558. The predicted octanol–water partition coefficient (Wildman–Crippen LogP) is 5.22. The lowest BCUT2D eigenvalue weighted by Gasteiger charge is -2.09. The molecule has 0 atom stereocenters. The predicted molar refractivity (Wildman–Crippen MR) is 85.8 cm³/mol. The fourth-order valence-electron chi connectivity index (χ4n) is 2.96. The van der Waals surface area contributed by atoms with Crippen molar-refractivity contribution in [2.24, 2.45) is 0 Å². The normalized spacial score (nSPS) is 12.1. The van der Waals surface area contributed by atoms with Crippen LogP contribution in [0.25, 0.3) is 22.3 Å². The molecule has 0 radical (unpaired) electrons. The van der Waals surface area contributed by atoms with E-state index >= 15 is 0 Å². The minimum Gasteiger partial charge on any atom is -0.289 e. The van der Waals surface area contributed by atoms with Crippen molar-refractivity contribution in [3.8, 4) is 22.3 Å². The lowest BCUT2D eigenvalue weighted by Crippen LogP contribution is -1.94. The van der Waals surface area contributed by atoms with E-state index in [-0.39, 0.29) is 5.78 Å². The number of hydrogen-bond donors (Lipinski definition) is 0. The van der Waals surface area contributed by atoms with Crippen LogP contribution in [0.5, 0.6) is 0 Å². The molecule has 21 heavy (non-hydrogen) atoms. The SMILES string of the molecule is O=C1c2cc(Cl)ccc2-c2c1cccc2-c1ccccc1. The summed E-state index contributed by atoms with van der Waals surface area (Å²) in [6.07, 6.45) is 0. The lowest BCUT2D eigenvalue weighted by atomic mass is 9.94. The lowest BCUT2D eigenvalue weighted by molar-refractivity contribution is 0.104. The van der Waals surface area contributed by atoms with E-state index in [9.17, 15) is 4.79 Å². The molecule has 1 nitrogen and oxygen atoms in total. The molecule has 3 aromatic carbocycles. The van der Waals surface area contributed by atoms with E-state index in [2.05, 4.69) is 18.2 Å². The van der Waals surface area contributed by atoms with Crippen molar-refractivity contribution in [3.63, 3.8) is 0 Å². The van der Waals surface area contributed by atoms with Crippen molar-refractivity contribution < 1.29 is 4.79 Å². The number of benzene rings is 3. The van der Waals surface area contributed by atoms with E-state index in [4.69, 9.17) is 11.6 Å². The minimum atomic E-state index is 0.0558. The summed E-state index contributed by atoms with van der Waals surface area (Å²) in [5, 5.41) is 0.594. The van der Waals surface area contributed by atoms with E-state index in [0.717, 1.165) is 27.8 Å². The van der Waals surface area contributed by atoms with Crippen molar-refractivity contribution in [3.05, 3.63) is 82.9 Å². The van der Waals surface area contributed by atoms with Crippen LogP contribution in [0.2, 0.25) is 5.02 Å². The first-order chi connectivity index (χ1) is 10.3. The van der Waals surface area contributed by atoms with E-state index in [1.807, 2.05) is 42.5 Å². The maximum Gasteiger partial charge on any atom is 0.194 e. The van der Waals surface area contributed by atoms with Gasteiger partial charge in [-0.2, -0.15) is 0 Å². The van der Waals surface area contributed by atoms with Gasteiger partial charge in [-0.1, -0.05) is 66.2 Å². The largest absolute Gasteiger partial charge is 0.289 e. The molecule has 0 fully saturated rings. The highest BCUT2D eigenvalue weighted by Gasteiger charge is 2.28. The molecule has 0 saturated heterocycles. The summed E-state index contributed by atoms with van der Waals surface area (Å²) in [6, 6.07) is 21.6. The standard InChI is InChI=1S/C19H11ClO/c20-13-9-10-15-17(11-13)19(21)16-8-4-7-14(18(15)16)12-5-2-1-3-6-12/h1-11H. The summed E-state index contributed by atoms with van der Waals surface area (Å²) in [7, 11) is 0. The van der Waals surface area contributed by atoms with E-state index in [1.165, 1.54) is 0 Å². The zero-order chi connectivity index (χ0) is 14.4. The number of carbonyl (C=O) groups is 1. The molecule has 2 heteroatoms. The van der Waals surface area contributed by atoms with Gasteiger partial charge in [0.15, 0.2) is 5.78 Å². The van der Waals surface area contributed by atoms with Gasteiger partial charge < -0.3 is 0 Å². The van der Waals surface area contributed by atoms with Gasteiger partial charge >= 0.3 is 0 Å². The molecule has 1 aliphatic rings. The van der Waals surface area contributed by atoms with Gasteiger partial charge in [0, 0.05) is 21.7 Å². The topological polar surface area (TPSA) is 17.1 Å². The van der Waals surface area contributed by atoms with Crippen LogP contribution >= 0.6 is 11.6 Å². The van der Waals surface area contributed by atoms with E-state index < -0.39 is 0 Å². The van der Waals surface area contributed by atoms with Crippen molar-refractivity contribution in [2.75, 3.05) is 0 Å². The molecule has 100 valence electrons. The van der Waals surface area contributed by atoms with Gasteiger partial charge in [0.1, 0.15) is 0 Å². The van der Waals surface area contributed by atoms with Crippen molar-refractivity contribution in [2.45, 2.75) is 0 Å². The average Bonchev–Trinajstić information content (AvgIpc) is 2.81. The number of hydrogen-bond acceptors (Lipinski definition) is 1. The summed E-state index contributed by atoms with van der Waals surface area (Å²) in [4.78, 5) is 12.6. The Labute approximate surface area is 127 Å². The fraction of sp³-hybridized carbons (Fsp3) is 0. The number of fused-ring (bicyclic) bond motifs is 3. The second-order valence-electron chi connectivity index (χ2n) is 5.11. The van der Waals surface area contributed by atoms with E-state index in [1.54, 1.807) is 6.07 Å². The number of carbonyl (C=O) groups excluding carboxylic acids is 1. The maximum absolute atomic E-state index is 12.6. The molecule has 0 N–H and O–H groups in total. The Morgan fingerprint density at radius 2 is 1.43 bits per heavy atom. The summed E-state index contributed by atoms with van der Waals surface area (Å²) < 4.78 is 0. The van der Waals surface area contributed by atoms with Crippen molar-refractivity contribution in [1.82, 2.24) is 0 Å². The van der Waals surface area contributed by atoms with Crippen LogP contribution in [0.4, 0.5) is 0 Å². The molecule has 0 aromatic heterocycles. The minimum absolute atomic E-state index is 0.0558. The molecule has 0 saturated carbocycles. The van der Waals surface area contributed by atoms with Crippen molar-refractivity contribution >= 4 is 17.4 Å². The molecule has 3 aromatic rings. The van der Waals surface area contributed by atoms with Crippen LogP contribution in [-0.4, -0.2) is 5.78 Å². The molecular formula is C19H11ClO. The molecule has 0 aliphatic heterocycles. The van der Waals surface area contributed by atoms with Crippen LogP contribution in [0, 0.1) is 0 Å². The summed E-state index contributed by atoms with van der Waals surface area (Å²) in [6.45, 7) is 0. The maximum atomic E-state index is 12.6. The summed E-state index contributed by atoms with van der Waals surface area (Å²) >= 11 is 6.04. The second kappa shape index (κ2) is 4.57. The second-order valence-corrected chi connectivity index (χ2v) is 5.55. The Bertz CT molecular complexity index is 866. The third-order valence-electron chi connectivity index (χ3n) is 3.89. The van der Waals surface area contributed by atoms with Crippen LogP contribution in [0.1, 0.15) is 15.9 Å². The highest BCUT2D eigenvalue weighted by atomic mass is 35.5. The quantitative estimate of drug-likeness (QED) is 0.470. The Kier molecular flexibility index (Phi) is 2.69. The van der Waals surface area contributed by atoms with Gasteiger partial charge in [-0.3, -0.25) is 4.79 Å². The first-order valence-electron chi connectivity index (χ1n) is 6.79. The third kappa shape index (κ3) is 1.82. The Balaban J connectivity index is 2.05. The molecule has 0 spiro atoms. The van der Waals surface area contributed by atoms with Crippen LogP contribution < -0.4 is 0 Å². The monoisotopic (exact) mass is 290 g/mol. The first-order valence-corrected chi connectivity index (χ1v) is 7.16. The molecular weight excluding hydrogens is 280 g/mol. The highest BCUT2D eigenvalue weighted by Crippen LogP contribution is 2.43. The Morgan fingerprint density at radius 1 is 0.667 bits per heavy atom. The molecule has 0 bridgehead atoms. The zero-order valence-electron chi connectivity index (χ0n) is 11.1. The Morgan fingerprint density at radius 3 is 2.24 bits per heavy atom. The molecule has 0 amide bonds. The van der Waals surface area contributed by atoms with Gasteiger partial charge in [-0.05, 0) is 28.8 Å². The van der Waals surface area contributed by atoms with Gasteiger partial charge in [-0.15, -0.1) is 0 Å². The van der Waals surface area contributed by atoms with Gasteiger partial charge in [0.05, 0.1) is 0 Å². The smallest absolute Gasteiger partial charge is 0.194 e. The Hall–Kier alpha value is -2.38. The summed E-state index contributed by atoms with van der Waals surface area (Å²) in [5.41, 5.74) is 5.64. The molecule has 0 unspecified atom stereocenters. The molecule has 1 aliphatic carbocycles. The molecule has 0 heterocycles.